The van der Waals surface area contributed by atoms with Crippen molar-refractivity contribution in [3.05, 3.63) is 0 Å². The lowest BCUT2D eigenvalue weighted by Gasteiger charge is -2.07. The van der Waals surface area contributed by atoms with Crippen molar-refractivity contribution in [2.45, 2.75) is 25.0 Å². The average Bonchev–Trinajstić information content (AvgIpc) is 2.67. The molecule has 16 heavy (non-hydrogen) atoms. The number of aliphatic carboxylic acids is 2. The van der Waals surface area contributed by atoms with E-state index in [1.165, 1.54) is 0 Å². The van der Waals surface area contributed by atoms with E-state index >= 15 is 0 Å². The molecule has 0 aromatic heterocycles. The highest BCUT2D eigenvalue weighted by molar-refractivity contribution is 5.83. The summed E-state index contributed by atoms with van der Waals surface area (Å²) >= 11 is 0. The normalized spacial score (nSPS) is 17.8. The number of rotatable bonds is 3. The lowest BCUT2D eigenvalue weighted by atomic mass is 10.2. The first-order chi connectivity index (χ1) is 7.36. The molecule has 2 atom stereocenters. The van der Waals surface area contributed by atoms with Crippen LogP contribution in [0.1, 0.15) is 12.8 Å². The smallest absolute Gasteiger partial charge is 0.335 e. The fraction of sp³-hybridized carbons (Fsp3) is 0.625. The molecule has 0 saturated carbocycles. The molecular formula is C8H13NO7. The van der Waals surface area contributed by atoms with Crippen LogP contribution in [0.25, 0.3) is 0 Å². The molecule has 0 aromatic carbocycles. The summed E-state index contributed by atoms with van der Waals surface area (Å²) in [6.45, 7) is 0.888. The Bertz CT molecular complexity index is 252. The van der Waals surface area contributed by atoms with Crippen molar-refractivity contribution in [2.24, 2.45) is 0 Å². The van der Waals surface area contributed by atoms with Crippen molar-refractivity contribution in [3.8, 4) is 0 Å². The Labute approximate surface area is 90.5 Å². The Kier molecular flexibility index (Phi) is 6.04. The molecule has 0 aromatic rings. The third-order valence-electron chi connectivity index (χ3n) is 1.71. The van der Waals surface area contributed by atoms with Crippen molar-refractivity contribution < 1.29 is 34.8 Å². The number of aliphatic hydroxyl groups excluding tert-OH is 2. The predicted octanol–water partition coefficient (Wildman–Crippen LogP) is -2.23. The number of carboxylic acids is 2. The van der Waals surface area contributed by atoms with Crippen LogP contribution in [0.4, 0.5) is 0 Å². The summed E-state index contributed by atoms with van der Waals surface area (Å²) in [7, 11) is 0. The Balaban J connectivity index is 0.000000315. The number of nitrogens with one attached hydrogen (secondary N) is 1. The van der Waals surface area contributed by atoms with E-state index < -0.39 is 24.1 Å². The minimum Gasteiger partial charge on any atom is -0.479 e. The molecule has 1 aliphatic heterocycles. The summed E-state index contributed by atoms with van der Waals surface area (Å²) in [4.78, 5) is 29.7. The monoisotopic (exact) mass is 235 g/mol. The zero-order valence-corrected chi connectivity index (χ0v) is 8.29. The Hall–Kier alpha value is -1.67. The van der Waals surface area contributed by atoms with Gasteiger partial charge in [0.25, 0.3) is 0 Å². The minimum absolute atomic E-state index is 0.204. The average molecular weight is 235 g/mol. The van der Waals surface area contributed by atoms with E-state index in [1.54, 1.807) is 0 Å². The molecule has 0 unspecified atom stereocenters. The zero-order chi connectivity index (χ0) is 12.7. The van der Waals surface area contributed by atoms with Crippen molar-refractivity contribution in [2.75, 3.05) is 6.54 Å². The SMILES string of the molecule is O=C(O)[C@H](O)[C@@H](O)C(=O)O.O=C1CCCN1. The molecule has 1 amide bonds. The molecule has 0 spiro atoms. The number of amides is 1. The fourth-order valence-corrected chi connectivity index (χ4v) is 0.835. The molecule has 1 aliphatic rings. The van der Waals surface area contributed by atoms with Gasteiger partial charge in [0.15, 0.2) is 12.2 Å². The summed E-state index contributed by atoms with van der Waals surface area (Å²) in [5.74, 6) is -3.33. The van der Waals surface area contributed by atoms with Crippen molar-refractivity contribution >= 4 is 17.8 Å². The summed E-state index contributed by atoms with van der Waals surface area (Å²) < 4.78 is 0. The highest BCUT2D eigenvalue weighted by atomic mass is 16.4. The summed E-state index contributed by atoms with van der Waals surface area (Å²) in [5.41, 5.74) is 0. The van der Waals surface area contributed by atoms with Gasteiger partial charge in [-0.2, -0.15) is 0 Å². The molecule has 8 heteroatoms. The molecule has 0 bridgehead atoms. The van der Waals surface area contributed by atoms with E-state index in [0.717, 1.165) is 19.4 Å². The summed E-state index contributed by atoms with van der Waals surface area (Å²) in [5, 5.41) is 35.2. The molecular weight excluding hydrogens is 222 g/mol. The molecule has 0 aliphatic carbocycles. The third kappa shape index (κ3) is 5.27. The first kappa shape index (κ1) is 14.3. The first-order valence-electron chi connectivity index (χ1n) is 4.44. The lowest BCUT2D eigenvalue weighted by Crippen LogP contribution is -2.39. The van der Waals surface area contributed by atoms with Gasteiger partial charge in [0, 0.05) is 13.0 Å². The van der Waals surface area contributed by atoms with Gasteiger partial charge in [0.2, 0.25) is 5.91 Å². The van der Waals surface area contributed by atoms with Crippen LogP contribution in [0.2, 0.25) is 0 Å². The predicted molar refractivity (Wildman–Crippen MR) is 49.5 cm³/mol. The number of carbonyl (C=O) groups is 3. The fourth-order valence-electron chi connectivity index (χ4n) is 0.835. The van der Waals surface area contributed by atoms with E-state index in [-0.39, 0.29) is 5.91 Å². The quantitative estimate of drug-likeness (QED) is 0.372. The maximum absolute atomic E-state index is 10.1. The first-order valence-corrected chi connectivity index (χ1v) is 4.44. The van der Waals surface area contributed by atoms with Crippen LogP contribution >= 0.6 is 0 Å². The van der Waals surface area contributed by atoms with E-state index in [9.17, 15) is 14.4 Å². The van der Waals surface area contributed by atoms with Crippen molar-refractivity contribution in [1.82, 2.24) is 5.32 Å². The summed E-state index contributed by atoms with van der Waals surface area (Å²) in [6.07, 6.45) is -2.77. The van der Waals surface area contributed by atoms with E-state index in [2.05, 4.69) is 5.32 Å². The van der Waals surface area contributed by atoms with Gasteiger partial charge < -0.3 is 25.7 Å². The Morgan fingerprint density at radius 2 is 1.56 bits per heavy atom. The van der Waals surface area contributed by atoms with Gasteiger partial charge in [0.1, 0.15) is 0 Å². The van der Waals surface area contributed by atoms with Crippen molar-refractivity contribution in [1.29, 1.82) is 0 Å². The Morgan fingerprint density at radius 3 is 1.69 bits per heavy atom. The number of aliphatic hydroxyl groups is 2. The van der Waals surface area contributed by atoms with Crippen LogP contribution in [0.15, 0.2) is 0 Å². The van der Waals surface area contributed by atoms with E-state index in [0.29, 0.717) is 0 Å². The molecule has 0 radical (unpaired) electrons. The van der Waals surface area contributed by atoms with Gasteiger partial charge in [-0.1, -0.05) is 0 Å². The second-order valence-corrected chi connectivity index (χ2v) is 3.02. The van der Waals surface area contributed by atoms with Crippen LogP contribution in [-0.4, -0.2) is 57.0 Å². The van der Waals surface area contributed by atoms with Gasteiger partial charge in [-0.05, 0) is 6.42 Å². The highest BCUT2D eigenvalue weighted by Crippen LogP contribution is 1.93. The molecule has 1 heterocycles. The lowest BCUT2D eigenvalue weighted by molar-refractivity contribution is -0.165. The van der Waals surface area contributed by atoms with Crippen LogP contribution < -0.4 is 5.32 Å². The van der Waals surface area contributed by atoms with Gasteiger partial charge >= 0.3 is 11.9 Å². The van der Waals surface area contributed by atoms with Crippen LogP contribution in [0.5, 0.6) is 0 Å². The molecule has 1 rings (SSSR count). The maximum atomic E-state index is 10.1. The van der Waals surface area contributed by atoms with Crippen LogP contribution in [0, 0.1) is 0 Å². The Morgan fingerprint density at radius 1 is 1.12 bits per heavy atom. The molecule has 1 saturated heterocycles. The molecule has 5 N–H and O–H groups in total. The van der Waals surface area contributed by atoms with Gasteiger partial charge in [0.05, 0.1) is 0 Å². The van der Waals surface area contributed by atoms with E-state index in [4.69, 9.17) is 20.4 Å². The number of carbonyl (C=O) groups excluding carboxylic acids is 1. The van der Waals surface area contributed by atoms with Gasteiger partial charge in [-0.3, -0.25) is 4.79 Å². The van der Waals surface area contributed by atoms with Crippen LogP contribution in [-0.2, 0) is 14.4 Å². The van der Waals surface area contributed by atoms with E-state index in [1.807, 2.05) is 0 Å². The van der Waals surface area contributed by atoms with Gasteiger partial charge in [-0.15, -0.1) is 0 Å². The minimum atomic E-state index is -2.27. The standard InChI is InChI=1S/C4H7NO.C4H6O6/c6-4-2-1-3-5-4;5-1(3(7)8)2(6)4(9)10/h1-3H2,(H,5,6);1-2,5-6H,(H,7,8)(H,9,10)/t;1-,2-/m.1/s1. The van der Waals surface area contributed by atoms with Crippen LogP contribution in [0.3, 0.4) is 0 Å². The van der Waals surface area contributed by atoms with Crippen molar-refractivity contribution in [3.63, 3.8) is 0 Å². The largest absolute Gasteiger partial charge is 0.479 e. The molecule has 92 valence electrons. The molecule has 1 fully saturated rings. The number of carboxylic acid groups (broad SMARTS) is 2. The number of hydrogen-bond donors (Lipinski definition) is 5. The number of hydrogen-bond acceptors (Lipinski definition) is 5. The maximum Gasteiger partial charge on any atom is 0.335 e. The highest BCUT2D eigenvalue weighted by Gasteiger charge is 2.29. The second kappa shape index (κ2) is 6.75. The topological polar surface area (TPSA) is 144 Å². The van der Waals surface area contributed by atoms with Gasteiger partial charge in [-0.25, -0.2) is 9.59 Å². The zero-order valence-electron chi connectivity index (χ0n) is 8.29. The summed E-state index contributed by atoms with van der Waals surface area (Å²) in [6, 6.07) is 0. The molecule has 8 nitrogen and oxygen atoms in total. The third-order valence-corrected chi connectivity index (χ3v) is 1.71. The second-order valence-electron chi connectivity index (χ2n) is 3.02.